The standard InChI is InChI=1S/C8H12N2O2/c9-7(4-11)6-3-10-12-8(6)5-1-2-5/h3,5,7,11H,1-2,4,9H2. The fourth-order valence-corrected chi connectivity index (χ4v) is 1.29. The molecular weight excluding hydrogens is 156 g/mol. The maximum Gasteiger partial charge on any atom is 0.144 e. The number of aliphatic hydroxyl groups excluding tert-OH is 1. The van der Waals surface area contributed by atoms with Gasteiger partial charge in [0.15, 0.2) is 0 Å². The van der Waals surface area contributed by atoms with E-state index in [0.717, 1.165) is 24.2 Å². The van der Waals surface area contributed by atoms with Crippen molar-refractivity contribution in [1.29, 1.82) is 0 Å². The molecule has 0 aromatic carbocycles. The molecule has 2 rings (SSSR count). The lowest BCUT2D eigenvalue weighted by Crippen LogP contribution is -2.15. The highest BCUT2D eigenvalue weighted by Crippen LogP contribution is 2.42. The molecule has 0 aliphatic heterocycles. The predicted octanol–water partition coefficient (Wildman–Crippen LogP) is 0.544. The molecule has 0 bridgehead atoms. The van der Waals surface area contributed by atoms with Crippen LogP contribution >= 0.6 is 0 Å². The Morgan fingerprint density at radius 1 is 1.75 bits per heavy atom. The van der Waals surface area contributed by atoms with Crippen molar-refractivity contribution in [2.45, 2.75) is 24.8 Å². The summed E-state index contributed by atoms with van der Waals surface area (Å²) in [5.41, 5.74) is 6.52. The van der Waals surface area contributed by atoms with Gasteiger partial charge < -0.3 is 15.4 Å². The molecule has 1 unspecified atom stereocenters. The molecule has 12 heavy (non-hydrogen) atoms. The zero-order valence-corrected chi connectivity index (χ0v) is 6.73. The summed E-state index contributed by atoms with van der Waals surface area (Å²) in [5, 5.41) is 12.5. The summed E-state index contributed by atoms with van der Waals surface area (Å²) in [7, 11) is 0. The van der Waals surface area contributed by atoms with Crippen molar-refractivity contribution in [2.75, 3.05) is 6.61 Å². The van der Waals surface area contributed by atoms with E-state index in [1.54, 1.807) is 6.20 Å². The summed E-state index contributed by atoms with van der Waals surface area (Å²) in [6.45, 7) is -0.0546. The van der Waals surface area contributed by atoms with Crippen molar-refractivity contribution in [1.82, 2.24) is 5.16 Å². The molecule has 66 valence electrons. The fourth-order valence-electron chi connectivity index (χ4n) is 1.29. The van der Waals surface area contributed by atoms with Crippen LogP contribution in [0.15, 0.2) is 10.7 Å². The summed E-state index contributed by atoms with van der Waals surface area (Å²) in [5.74, 6) is 1.37. The molecule has 3 N–H and O–H groups in total. The maximum absolute atomic E-state index is 8.84. The Morgan fingerprint density at radius 2 is 2.50 bits per heavy atom. The van der Waals surface area contributed by atoms with Crippen LogP contribution in [0, 0.1) is 0 Å². The third-order valence-corrected chi connectivity index (χ3v) is 2.17. The zero-order valence-electron chi connectivity index (χ0n) is 6.73. The first-order valence-electron chi connectivity index (χ1n) is 4.14. The minimum absolute atomic E-state index is 0.0546. The molecule has 1 aromatic heterocycles. The molecule has 1 atom stereocenters. The van der Waals surface area contributed by atoms with Gasteiger partial charge in [0, 0.05) is 11.5 Å². The first-order chi connectivity index (χ1) is 5.83. The van der Waals surface area contributed by atoms with Crippen molar-refractivity contribution in [3.63, 3.8) is 0 Å². The number of aliphatic hydroxyl groups is 1. The van der Waals surface area contributed by atoms with Gasteiger partial charge in [-0.05, 0) is 12.8 Å². The molecule has 1 fully saturated rings. The van der Waals surface area contributed by atoms with Crippen molar-refractivity contribution in [3.05, 3.63) is 17.5 Å². The molecule has 1 heterocycles. The van der Waals surface area contributed by atoms with E-state index in [0.29, 0.717) is 5.92 Å². The van der Waals surface area contributed by atoms with Crippen LogP contribution < -0.4 is 5.73 Å². The minimum Gasteiger partial charge on any atom is -0.394 e. The summed E-state index contributed by atoms with van der Waals surface area (Å²) in [6, 6.07) is -0.341. The molecule has 1 saturated carbocycles. The van der Waals surface area contributed by atoms with Crippen LogP contribution in [0.1, 0.15) is 36.1 Å². The Hall–Kier alpha value is -0.870. The fraction of sp³-hybridized carbons (Fsp3) is 0.625. The highest BCUT2D eigenvalue weighted by molar-refractivity contribution is 5.24. The smallest absolute Gasteiger partial charge is 0.144 e. The van der Waals surface area contributed by atoms with Gasteiger partial charge in [-0.1, -0.05) is 5.16 Å². The van der Waals surface area contributed by atoms with Crippen LogP contribution in [-0.2, 0) is 0 Å². The highest BCUT2D eigenvalue weighted by Gasteiger charge is 2.31. The Bertz CT molecular complexity index is 268. The van der Waals surface area contributed by atoms with Gasteiger partial charge in [0.05, 0.1) is 18.8 Å². The van der Waals surface area contributed by atoms with Crippen molar-refractivity contribution < 1.29 is 9.63 Å². The lowest BCUT2D eigenvalue weighted by atomic mass is 10.1. The van der Waals surface area contributed by atoms with Gasteiger partial charge in [-0.25, -0.2) is 0 Å². The molecule has 1 aliphatic rings. The van der Waals surface area contributed by atoms with Crippen LogP contribution in [0.3, 0.4) is 0 Å². The molecule has 0 radical (unpaired) electrons. The monoisotopic (exact) mass is 168 g/mol. The molecule has 4 nitrogen and oxygen atoms in total. The maximum atomic E-state index is 8.84. The van der Waals surface area contributed by atoms with Crippen LogP contribution in [0.4, 0.5) is 0 Å². The van der Waals surface area contributed by atoms with Gasteiger partial charge in [-0.2, -0.15) is 0 Å². The topological polar surface area (TPSA) is 72.3 Å². The molecule has 0 spiro atoms. The Labute approximate surface area is 70.3 Å². The van der Waals surface area contributed by atoms with Crippen LogP contribution in [-0.4, -0.2) is 16.9 Å². The van der Waals surface area contributed by atoms with Gasteiger partial charge in [0.2, 0.25) is 0 Å². The van der Waals surface area contributed by atoms with Gasteiger partial charge in [0.25, 0.3) is 0 Å². The van der Waals surface area contributed by atoms with E-state index in [9.17, 15) is 0 Å². The average Bonchev–Trinajstić information content (AvgIpc) is 2.83. The van der Waals surface area contributed by atoms with E-state index < -0.39 is 0 Å². The van der Waals surface area contributed by atoms with E-state index in [1.165, 1.54) is 0 Å². The lowest BCUT2D eigenvalue weighted by Gasteiger charge is -2.05. The third kappa shape index (κ3) is 1.23. The van der Waals surface area contributed by atoms with Crippen LogP contribution in [0.25, 0.3) is 0 Å². The Kier molecular flexibility index (Phi) is 1.86. The first kappa shape index (κ1) is 7.76. The summed E-state index contributed by atoms with van der Waals surface area (Å²) < 4.78 is 5.07. The number of nitrogens with zero attached hydrogens (tertiary/aromatic N) is 1. The molecule has 4 heteroatoms. The van der Waals surface area contributed by atoms with Gasteiger partial charge in [-0.15, -0.1) is 0 Å². The number of nitrogens with two attached hydrogens (primary N) is 1. The minimum atomic E-state index is -0.341. The highest BCUT2D eigenvalue weighted by atomic mass is 16.5. The second kappa shape index (κ2) is 2.88. The first-order valence-corrected chi connectivity index (χ1v) is 4.14. The third-order valence-electron chi connectivity index (χ3n) is 2.17. The van der Waals surface area contributed by atoms with Gasteiger partial charge in [0.1, 0.15) is 5.76 Å². The van der Waals surface area contributed by atoms with E-state index in [-0.39, 0.29) is 12.6 Å². The summed E-state index contributed by atoms with van der Waals surface area (Å²) in [6.07, 6.45) is 3.91. The van der Waals surface area contributed by atoms with Gasteiger partial charge >= 0.3 is 0 Å². The van der Waals surface area contributed by atoms with Crippen molar-refractivity contribution in [3.8, 4) is 0 Å². The summed E-state index contributed by atoms with van der Waals surface area (Å²) >= 11 is 0. The van der Waals surface area contributed by atoms with E-state index >= 15 is 0 Å². The van der Waals surface area contributed by atoms with Crippen molar-refractivity contribution >= 4 is 0 Å². The van der Waals surface area contributed by atoms with Crippen molar-refractivity contribution in [2.24, 2.45) is 5.73 Å². The molecule has 1 aromatic rings. The molecule has 0 amide bonds. The molecular formula is C8H12N2O2. The molecule has 0 saturated heterocycles. The predicted molar refractivity (Wildman–Crippen MR) is 42.5 cm³/mol. The van der Waals surface area contributed by atoms with E-state index in [4.69, 9.17) is 15.4 Å². The van der Waals surface area contributed by atoms with E-state index in [2.05, 4.69) is 5.16 Å². The lowest BCUT2D eigenvalue weighted by molar-refractivity contribution is 0.266. The average molecular weight is 168 g/mol. The van der Waals surface area contributed by atoms with Crippen LogP contribution in [0.2, 0.25) is 0 Å². The summed E-state index contributed by atoms with van der Waals surface area (Å²) in [4.78, 5) is 0. The second-order valence-corrected chi connectivity index (χ2v) is 3.21. The van der Waals surface area contributed by atoms with E-state index in [1.807, 2.05) is 0 Å². The number of rotatable bonds is 3. The molecule has 1 aliphatic carbocycles. The Morgan fingerprint density at radius 3 is 3.08 bits per heavy atom. The second-order valence-electron chi connectivity index (χ2n) is 3.21. The van der Waals surface area contributed by atoms with Crippen LogP contribution in [0.5, 0.6) is 0 Å². The Balaban J connectivity index is 2.23. The zero-order chi connectivity index (χ0) is 8.55. The number of hydrogen-bond donors (Lipinski definition) is 2. The number of hydrogen-bond acceptors (Lipinski definition) is 4. The SMILES string of the molecule is NC(CO)c1cnoc1C1CC1. The van der Waals surface area contributed by atoms with Gasteiger partial charge in [-0.3, -0.25) is 0 Å². The normalized spacial score (nSPS) is 19.5. The number of aromatic nitrogens is 1. The largest absolute Gasteiger partial charge is 0.394 e. The quantitative estimate of drug-likeness (QED) is 0.691.